The molecule has 7 rings (SSSR count). The van der Waals surface area contributed by atoms with Gasteiger partial charge in [-0.2, -0.15) is 9.97 Å². The number of nitrogens with two attached hydrogens (primary N) is 1. The highest BCUT2D eigenvalue weighted by atomic mass is 35.5. The predicted molar refractivity (Wildman–Crippen MR) is 242 cm³/mol. The summed E-state index contributed by atoms with van der Waals surface area (Å²) >= 11 is 7.20. The number of hydrogen-bond acceptors (Lipinski definition) is 8. The number of carbonyl (C=O) groups excluding carboxylic acids is 1. The number of fused-ring (bicyclic) bond motifs is 3. The molecular weight excluding hydrogens is 817 g/mol. The summed E-state index contributed by atoms with van der Waals surface area (Å²) in [5, 5.41) is 4.41. The molecule has 14 heteroatoms. The van der Waals surface area contributed by atoms with E-state index in [1.807, 2.05) is 0 Å². The molecule has 3 saturated heterocycles. The van der Waals surface area contributed by atoms with Crippen LogP contribution in [0.1, 0.15) is 106 Å². The Balaban J connectivity index is 1.46. The molecule has 0 spiro atoms. The number of benzene rings is 3. The Kier molecular flexibility index (Phi) is 12.6. The molecule has 2 N–H and O–H groups in total. The summed E-state index contributed by atoms with van der Waals surface area (Å²) in [5.41, 5.74) is 10.3. The third-order valence-electron chi connectivity index (χ3n) is 13.1. The maximum absolute atomic E-state index is 17.9. The van der Waals surface area contributed by atoms with Crippen molar-refractivity contribution < 1.29 is 27.4 Å². The van der Waals surface area contributed by atoms with Crippen molar-refractivity contribution in [1.82, 2.24) is 19.9 Å². The molecule has 3 aliphatic heterocycles. The van der Waals surface area contributed by atoms with Crippen LogP contribution in [0.5, 0.6) is 6.01 Å². The van der Waals surface area contributed by atoms with Gasteiger partial charge in [0.05, 0.1) is 16.1 Å². The number of rotatable bonds is 8. The summed E-state index contributed by atoms with van der Waals surface area (Å²) in [6.07, 6.45) is 2.68. The Morgan fingerprint density at radius 3 is 2.39 bits per heavy atom. The molecule has 9 nitrogen and oxygen atoms in total. The first kappa shape index (κ1) is 44.8. The number of ether oxygens (including phenoxy) is 2. The van der Waals surface area contributed by atoms with Crippen molar-refractivity contribution >= 4 is 58.9 Å². The summed E-state index contributed by atoms with van der Waals surface area (Å²) in [6.45, 7) is 20.4. The van der Waals surface area contributed by atoms with Crippen molar-refractivity contribution in [3.63, 3.8) is 0 Å². The first-order chi connectivity index (χ1) is 28.8. The smallest absolute Gasteiger partial charge is 0.429 e. The van der Waals surface area contributed by atoms with Crippen LogP contribution in [0.15, 0.2) is 30.3 Å². The molecule has 2 atom stereocenters. The van der Waals surface area contributed by atoms with Crippen molar-refractivity contribution in [2.24, 2.45) is 0 Å². The molecule has 3 fully saturated rings. The van der Waals surface area contributed by atoms with Gasteiger partial charge in [-0.3, -0.25) is 9.91 Å². The lowest BCUT2D eigenvalue weighted by molar-refractivity contribution is 0.0232. The predicted octanol–water partition coefficient (Wildman–Crippen LogP) is 11.6. The van der Waals surface area contributed by atoms with E-state index in [1.165, 1.54) is 11.1 Å². The van der Waals surface area contributed by atoms with Crippen LogP contribution in [0.2, 0.25) is 21.6 Å². The molecule has 0 unspecified atom stereocenters. The van der Waals surface area contributed by atoms with E-state index < -0.39 is 43.1 Å². The fourth-order valence-corrected chi connectivity index (χ4v) is 15.9. The zero-order chi connectivity index (χ0) is 44.2. The van der Waals surface area contributed by atoms with Gasteiger partial charge in [-0.15, -0.1) is 5.54 Å². The van der Waals surface area contributed by atoms with Gasteiger partial charge < -0.3 is 15.2 Å². The zero-order valence-electron chi connectivity index (χ0n) is 37.0. The highest BCUT2D eigenvalue weighted by Gasteiger charge is 2.49. The van der Waals surface area contributed by atoms with Crippen molar-refractivity contribution in [2.75, 3.05) is 43.5 Å². The largest absolute Gasteiger partial charge is 0.461 e. The summed E-state index contributed by atoms with van der Waals surface area (Å²) in [7, 11) is -2.33. The fraction of sp³-hybridized carbons (Fsp3) is 0.553. The molecule has 4 aromatic rings. The second kappa shape index (κ2) is 17.1. The molecule has 1 aromatic heterocycles. The second-order valence-electron chi connectivity index (χ2n) is 19.2. The number of aromatic nitrogens is 2. The lowest BCUT2D eigenvalue weighted by Crippen LogP contribution is -2.49. The minimum Gasteiger partial charge on any atom is -0.461 e. The summed E-state index contributed by atoms with van der Waals surface area (Å²) in [5.74, 6) is 2.18. The molecule has 0 bridgehead atoms. The number of hydrogen-bond donors (Lipinski definition) is 1. The standard InChI is InChI=1S/C47H60ClF3N6O3Si/c1-28(2)61(29(3)4,30(5)6)21-16-34-38(50)15-14-31-22-33(52)23-35(39(31)34)40-37(48)24-36-42(41(40)51)53-44(59-27-47-17-13-18-55(47)26-32(49)25-47)54-43(36)56-19-11-10-12-20-57(56)45(58)60-46(7,8)9/h14-15,22-24,28-30,32H,10-13,17-20,25-27,52H2,1-9H3/t32-,47+/m1/s1. The molecule has 0 saturated carbocycles. The van der Waals surface area contributed by atoms with Gasteiger partial charge in [-0.1, -0.05) is 65.1 Å². The number of halogens is 4. The van der Waals surface area contributed by atoms with E-state index in [9.17, 15) is 9.18 Å². The Bertz CT molecular complexity index is 2380. The normalized spacial score (nSPS) is 20.2. The SMILES string of the molecule is CC(C)[Si](C#Cc1c(F)ccc2cc(N)cc(-c3c(Cl)cc4c(N5CCCCCN5C(=O)OC(C)(C)C)nc(OC[C@@]56CCCN5C[C@H](F)C6)nc4c3F)c12)(C(C)C)C(C)C. The van der Waals surface area contributed by atoms with E-state index in [0.717, 1.165) is 25.8 Å². The number of nitrogen functional groups attached to an aromatic ring is 1. The number of anilines is 2. The Labute approximate surface area is 364 Å². The Morgan fingerprint density at radius 1 is 1.00 bits per heavy atom. The van der Waals surface area contributed by atoms with Gasteiger partial charge in [0.25, 0.3) is 0 Å². The first-order valence-corrected chi connectivity index (χ1v) is 24.4. The number of amides is 1. The van der Waals surface area contributed by atoms with Crippen LogP contribution >= 0.6 is 11.6 Å². The van der Waals surface area contributed by atoms with Crippen LogP contribution in [0.25, 0.3) is 32.8 Å². The first-order valence-electron chi connectivity index (χ1n) is 21.8. The highest BCUT2D eigenvalue weighted by Crippen LogP contribution is 2.46. The van der Waals surface area contributed by atoms with Gasteiger partial charge in [0.2, 0.25) is 0 Å². The maximum atomic E-state index is 17.9. The average molecular weight is 878 g/mol. The van der Waals surface area contributed by atoms with E-state index >= 15 is 8.78 Å². The quantitative estimate of drug-likeness (QED) is 0.106. The summed E-state index contributed by atoms with van der Waals surface area (Å²) in [6, 6.07) is 7.77. The third-order valence-corrected chi connectivity index (χ3v) is 19.7. The van der Waals surface area contributed by atoms with Crippen LogP contribution in [-0.4, -0.2) is 84.1 Å². The molecule has 328 valence electrons. The van der Waals surface area contributed by atoms with Gasteiger partial charge in [0.1, 0.15) is 37.8 Å². The van der Waals surface area contributed by atoms with Gasteiger partial charge in [-0.05, 0) is 111 Å². The summed E-state index contributed by atoms with van der Waals surface area (Å²) < 4.78 is 61.3. The molecule has 61 heavy (non-hydrogen) atoms. The van der Waals surface area contributed by atoms with Crippen LogP contribution in [-0.2, 0) is 4.74 Å². The Hall–Kier alpha value is -4.25. The van der Waals surface area contributed by atoms with E-state index in [4.69, 9.17) is 36.8 Å². The molecule has 0 radical (unpaired) electrons. The average Bonchev–Trinajstić information content (AvgIpc) is 3.57. The van der Waals surface area contributed by atoms with Crippen LogP contribution in [0.4, 0.5) is 29.5 Å². The van der Waals surface area contributed by atoms with Crippen LogP contribution in [0, 0.1) is 23.1 Å². The number of nitrogens with zero attached hydrogens (tertiary/aromatic N) is 5. The number of alkyl halides is 1. The molecular formula is C47H60ClF3N6O3Si. The van der Waals surface area contributed by atoms with E-state index in [2.05, 4.69) is 57.9 Å². The van der Waals surface area contributed by atoms with Gasteiger partial charge in [-0.25, -0.2) is 23.0 Å². The molecule has 1 amide bonds. The highest BCUT2D eigenvalue weighted by molar-refractivity contribution is 6.90. The van der Waals surface area contributed by atoms with Gasteiger partial charge in [0.15, 0.2) is 11.6 Å². The van der Waals surface area contributed by atoms with E-state index in [1.54, 1.807) is 50.0 Å². The lowest BCUT2D eigenvalue weighted by Gasteiger charge is -2.38. The Morgan fingerprint density at radius 2 is 1.70 bits per heavy atom. The van der Waals surface area contributed by atoms with E-state index in [-0.39, 0.29) is 51.1 Å². The molecule has 0 aliphatic carbocycles. The van der Waals surface area contributed by atoms with Crippen molar-refractivity contribution in [1.29, 1.82) is 0 Å². The topological polar surface area (TPSA) is 97.0 Å². The second-order valence-corrected chi connectivity index (χ2v) is 25.1. The monoisotopic (exact) mass is 876 g/mol. The maximum Gasteiger partial charge on any atom is 0.429 e. The number of carbonyl (C=O) groups is 1. The summed E-state index contributed by atoms with van der Waals surface area (Å²) in [4.78, 5) is 25.5. The van der Waals surface area contributed by atoms with Gasteiger partial charge in [0, 0.05) is 48.1 Å². The minimum absolute atomic E-state index is 0.00733. The van der Waals surface area contributed by atoms with Crippen molar-refractivity contribution in [3.8, 4) is 28.6 Å². The zero-order valence-corrected chi connectivity index (χ0v) is 38.8. The van der Waals surface area contributed by atoms with Gasteiger partial charge >= 0.3 is 12.1 Å². The minimum atomic E-state index is -2.33. The fourth-order valence-electron chi connectivity index (χ4n) is 10.4. The third kappa shape index (κ3) is 8.49. The lowest BCUT2D eigenvalue weighted by atomic mass is 9.92. The molecule has 3 aliphatic rings. The van der Waals surface area contributed by atoms with Crippen LogP contribution < -0.4 is 15.5 Å². The van der Waals surface area contributed by atoms with Crippen molar-refractivity contribution in [3.05, 3.63) is 52.6 Å². The van der Waals surface area contributed by atoms with Crippen LogP contribution in [0.3, 0.4) is 0 Å². The molecule has 4 heterocycles. The van der Waals surface area contributed by atoms with Crippen molar-refractivity contribution in [2.45, 2.75) is 135 Å². The molecule has 3 aromatic carbocycles. The van der Waals surface area contributed by atoms with E-state index in [0.29, 0.717) is 72.0 Å². The number of hydrazine groups is 1.